The Labute approximate surface area is 170 Å². The molecule has 2 aromatic carbocycles. The number of rotatable bonds is 10. The van der Waals surface area contributed by atoms with Gasteiger partial charge in [0.05, 0.1) is 12.5 Å². The molecule has 0 saturated carbocycles. The molecule has 0 radical (unpaired) electrons. The van der Waals surface area contributed by atoms with Crippen LogP contribution in [0.25, 0.3) is 0 Å². The molecule has 28 heavy (non-hydrogen) atoms. The molecule has 0 fully saturated rings. The van der Waals surface area contributed by atoms with Crippen LogP contribution in [0.5, 0.6) is 0 Å². The molecule has 148 valence electrons. The van der Waals surface area contributed by atoms with E-state index in [-0.39, 0.29) is 5.41 Å². The van der Waals surface area contributed by atoms with Crippen molar-refractivity contribution in [3.05, 3.63) is 90.0 Å². The van der Waals surface area contributed by atoms with Crippen molar-refractivity contribution in [2.24, 2.45) is 0 Å². The van der Waals surface area contributed by atoms with Crippen LogP contribution in [0.1, 0.15) is 69.3 Å². The van der Waals surface area contributed by atoms with Gasteiger partial charge in [0.2, 0.25) is 0 Å². The first-order valence-corrected chi connectivity index (χ1v) is 10.8. The normalized spacial score (nSPS) is 14.5. The van der Waals surface area contributed by atoms with Crippen molar-refractivity contribution in [3.63, 3.8) is 0 Å². The van der Waals surface area contributed by atoms with Crippen molar-refractivity contribution >= 4 is 0 Å². The van der Waals surface area contributed by atoms with E-state index in [2.05, 4.69) is 103 Å². The predicted octanol–water partition coefficient (Wildman–Crippen LogP) is 6.19. The molecule has 3 rings (SSSR count). The third kappa shape index (κ3) is 4.55. The van der Waals surface area contributed by atoms with Gasteiger partial charge >= 0.3 is 0 Å². The van der Waals surface area contributed by atoms with Gasteiger partial charge in [0.25, 0.3) is 5.82 Å². The van der Waals surface area contributed by atoms with E-state index in [1.165, 1.54) is 42.6 Å². The number of hydrogen-bond acceptors (Lipinski definition) is 0. The maximum atomic E-state index is 3.61. The predicted molar refractivity (Wildman–Crippen MR) is 117 cm³/mol. The fourth-order valence-corrected chi connectivity index (χ4v) is 4.57. The van der Waals surface area contributed by atoms with Crippen LogP contribution in [-0.4, -0.2) is 4.98 Å². The van der Waals surface area contributed by atoms with E-state index in [1.54, 1.807) is 0 Å². The van der Waals surface area contributed by atoms with Crippen molar-refractivity contribution in [1.29, 1.82) is 0 Å². The van der Waals surface area contributed by atoms with Gasteiger partial charge in [-0.1, -0.05) is 93.8 Å². The fourth-order valence-electron chi connectivity index (χ4n) is 4.57. The van der Waals surface area contributed by atoms with E-state index < -0.39 is 0 Å². The third-order valence-corrected chi connectivity index (χ3v) is 6.18. The van der Waals surface area contributed by atoms with E-state index in [1.807, 2.05) is 0 Å². The lowest BCUT2D eigenvalue weighted by atomic mass is 9.66. The van der Waals surface area contributed by atoms with Gasteiger partial charge in [-0.15, -0.1) is 0 Å². The zero-order chi connectivity index (χ0) is 19.8. The highest BCUT2D eigenvalue weighted by molar-refractivity contribution is 5.32. The average molecular weight is 376 g/mol. The van der Waals surface area contributed by atoms with Gasteiger partial charge in [-0.2, -0.15) is 0 Å². The van der Waals surface area contributed by atoms with Crippen LogP contribution < -0.4 is 4.57 Å². The monoisotopic (exact) mass is 375 g/mol. The number of aryl methyl sites for hydroxylation is 1. The molecule has 3 aromatic rings. The van der Waals surface area contributed by atoms with Crippen molar-refractivity contribution < 1.29 is 4.57 Å². The second-order valence-corrected chi connectivity index (χ2v) is 8.13. The molecule has 0 amide bonds. The second-order valence-electron chi connectivity index (χ2n) is 8.13. The molecule has 0 aliphatic rings. The highest BCUT2D eigenvalue weighted by Gasteiger charge is 2.41. The van der Waals surface area contributed by atoms with Crippen LogP contribution >= 0.6 is 0 Å². The van der Waals surface area contributed by atoms with Crippen LogP contribution in [0.4, 0.5) is 0 Å². The minimum Gasteiger partial charge on any atom is -0.247 e. The lowest BCUT2D eigenvalue weighted by Gasteiger charge is -2.37. The van der Waals surface area contributed by atoms with Crippen molar-refractivity contribution in [2.75, 3.05) is 0 Å². The number of hydrogen-bond donors (Lipinski definition) is 1. The van der Waals surface area contributed by atoms with Crippen molar-refractivity contribution in [3.8, 4) is 0 Å². The fraction of sp³-hybridized carbons (Fsp3) is 0.423. The van der Waals surface area contributed by atoms with Gasteiger partial charge < -0.3 is 0 Å². The molecule has 1 heterocycles. The summed E-state index contributed by atoms with van der Waals surface area (Å²) in [5, 5.41) is 0. The number of aromatic nitrogens is 2. The average Bonchev–Trinajstić information content (AvgIpc) is 3.21. The summed E-state index contributed by atoms with van der Waals surface area (Å²) < 4.78 is 2.39. The maximum absolute atomic E-state index is 3.61. The summed E-state index contributed by atoms with van der Waals surface area (Å²) in [6, 6.07) is 22.1. The van der Waals surface area contributed by atoms with Gasteiger partial charge in [-0.3, -0.25) is 0 Å². The summed E-state index contributed by atoms with van der Waals surface area (Å²) in [6.45, 7) is 7.99. The quantitative estimate of drug-likeness (QED) is 0.322. The number of H-pyrrole nitrogens is 1. The van der Waals surface area contributed by atoms with Gasteiger partial charge in [0.15, 0.2) is 0 Å². The van der Waals surface area contributed by atoms with E-state index in [4.69, 9.17) is 0 Å². The maximum Gasteiger partial charge on any atom is 0.258 e. The van der Waals surface area contributed by atoms with Crippen LogP contribution in [0.15, 0.2) is 73.1 Å². The highest BCUT2D eigenvalue weighted by Crippen LogP contribution is 2.43. The largest absolute Gasteiger partial charge is 0.258 e. The standard InChI is InChI=1S/C26H34N2/c1-4-6-9-18-24(25-27-19-20-28(25)5-2)26(3,23-16-12-8-13-17-23)21-22-14-10-7-11-15-22/h7-8,10-17,19-20,24H,4-6,9,18,21H2,1-3H3/p+1. The number of aromatic amines is 1. The number of nitrogens with zero attached hydrogens (tertiary/aromatic N) is 1. The molecular weight excluding hydrogens is 340 g/mol. The van der Waals surface area contributed by atoms with Gasteiger partial charge in [0.1, 0.15) is 12.4 Å². The van der Waals surface area contributed by atoms with E-state index in [0.29, 0.717) is 5.92 Å². The molecule has 0 spiro atoms. The van der Waals surface area contributed by atoms with Crippen molar-refractivity contribution in [1.82, 2.24) is 4.98 Å². The molecule has 2 heteroatoms. The second kappa shape index (κ2) is 9.73. The summed E-state index contributed by atoms with van der Waals surface area (Å²) in [7, 11) is 0. The highest BCUT2D eigenvalue weighted by atomic mass is 15.1. The molecular formula is C26H35N2+. The molecule has 1 aromatic heterocycles. The minimum atomic E-state index is 0.0259. The Hall–Kier alpha value is -2.35. The topological polar surface area (TPSA) is 19.7 Å². The van der Waals surface area contributed by atoms with Crippen molar-refractivity contribution in [2.45, 2.75) is 70.8 Å². The Bertz CT molecular complexity index is 822. The van der Waals surface area contributed by atoms with Gasteiger partial charge in [-0.05, 0) is 30.9 Å². The number of imidazole rings is 1. The zero-order valence-corrected chi connectivity index (χ0v) is 17.7. The first-order chi connectivity index (χ1) is 13.7. The first-order valence-electron chi connectivity index (χ1n) is 10.8. The smallest absolute Gasteiger partial charge is 0.247 e. The Morgan fingerprint density at radius 1 is 0.929 bits per heavy atom. The summed E-state index contributed by atoms with van der Waals surface area (Å²) in [6.07, 6.45) is 10.3. The number of unbranched alkanes of at least 4 members (excludes halogenated alkanes) is 2. The Morgan fingerprint density at radius 3 is 2.25 bits per heavy atom. The molecule has 1 N–H and O–H groups in total. The Balaban J connectivity index is 2.07. The van der Waals surface area contributed by atoms with Gasteiger partial charge in [-0.25, -0.2) is 9.55 Å². The Kier molecular flexibility index (Phi) is 7.08. The molecule has 0 bridgehead atoms. The van der Waals surface area contributed by atoms with E-state index in [0.717, 1.165) is 13.0 Å². The molecule has 0 saturated heterocycles. The summed E-state index contributed by atoms with van der Waals surface area (Å²) >= 11 is 0. The van der Waals surface area contributed by atoms with E-state index >= 15 is 0 Å². The van der Waals surface area contributed by atoms with Crippen LogP contribution in [0.3, 0.4) is 0 Å². The number of nitrogens with one attached hydrogen (secondary N) is 1. The lowest BCUT2D eigenvalue weighted by molar-refractivity contribution is -0.701. The molecule has 2 unspecified atom stereocenters. The Morgan fingerprint density at radius 2 is 1.61 bits per heavy atom. The lowest BCUT2D eigenvalue weighted by Crippen LogP contribution is -2.43. The van der Waals surface area contributed by atoms with Crippen LogP contribution in [0, 0.1) is 0 Å². The third-order valence-electron chi connectivity index (χ3n) is 6.18. The minimum absolute atomic E-state index is 0.0259. The summed E-state index contributed by atoms with van der Waals surface area (Å²) in [5.41, 5.74) is 2.86. The van der Waals surface area contributed by atoms with Gasteiger partial charge in [0, 0.05) is 5.41 Å². The van der Waals surface area contributed by atoms with E-state index in [9.17, 15) is 0 Å². The zero-order valence-electron chi connectivity index (χ0n) is 17.7. The summed E-state index contributed by atoms with van der Waals surface area (Å²) in [5.74, 6) is 1.80. The first kappa shape index (κ1) is 20.4. The number of benzene rings is 2. The summed E-state index contributed by atoms with van der Waals surface area (Å²) in [4.78, 5) is 3.61. The van der Waals surface area contributed by atoms with Crippen LogP contribution in [0.2, 0.25) is 0 Å². The molecule has 0 aliphatic heterocycles. The molecule has 0 aliphatic carbocycles. The van der Waals surface area contributed by atoms with Crippen LogP contribution in [-0.2, 0) is 18.4 Å². The molecule has 2 atom stereocenters. The SMILES string of the molecule is CCCCCC(c1[nH]cc[n+]1CC)C(C)(Cc1ccccc1)c1ccccc1. The molecule has 2 nitrogen and oxygen atoms in total.